The molecule has 0 fully saturated rings. The van der Waals surface area contributed by atoms with Gasteiger partial charge in [-0.25, -0.2) is 9.48 Å². The van der Waals surface area contributed by atoms with E-state index in [9.17, 15) is 4.79 Å². The van der Waals surface area contributed by atoms with E-state index >= 15 is 0 Å². The highest BCUT2D eigenvalue weighted by atomic mass is 16.5. The van der Waals surface area contributed by atoms with E-state index in [1.54, 1.807) is 0 Å². The fourth-order valence-electron chi connectivity index (χ4n) is 2.06. The Labute approximate surface area is 125 Å². The number of hydrogen-bond acceptors (Lipinski definition) is 3. The first kappa shape index (κ1) is 15.0. The molecule has 0 spiro atoms. The summed E-state index contributed by atoms with van der Waals surface area (Å²) in [6.45, 7) is 8.00. The summed E-state index contributed by atoms with van der Waals surface area (Å²) in [4.78, 5) is 11.4. The number of benzene rings is 1. The Hall–Kier alpha value is -2.36. The van der Waals surface area contributed by atoms with Crippen LogP contribution in [0.4, 0.5) is 0 Å². The summed E-state index contributed by atoms with van der Waals surface area (Å²) in [5.74, 6) is -0.308. The van der Waals surface area contributed by atoms with Crippen LogP contribution in [0.3, 0.4) is 0 Å². The minimum atomic E-state index is -0.308. The third kappa shape index (κ3) is 4.05. The Kier molecular flexibility index (Phi) is 4.58. The summed E-state index contributed by atoms with van der Waals surface area (Å²) in [5.41, 5.74) is 4.97. The van der Waals surface area contributed by atoms with Crippen molar-refractivity contribution in [3.05, 3.63) is 58.9 Å². The molecule has 0 radical (unpaired) electrons. The molecule has 0 aliphatic rings. The maximum Gasteiger partial charge on any atom is 0.331 e. The molecule has 1 aromatic carbocycles. The molecule has 0 aliphatic heterocycles. The number of esters is 1. The monoisotopic (exact) mass is 284 g/mol. The Morgan fingerprint density at radius 1 is 1.24 bits per heavy atom. The average Bonchev–Trinajstić information content (AvgIpc) is 2.75. The molecule has 0 amide bonds. The molecule has 0 atom stereocenters. The number of ether oxygens (including phenoxy) is 1. The van der Waals surface area contributed by atoms with Gasteiger partial charge >= 0.3 is 5.97 Å². The lowest BCUT2D eigenvalue weighted by molar-refractivity contribution is -0.139. The van der Waals surface area contributed by atoms with Gasteiger partial charge in [-0.2, -0.15) is 5.10 Å². The molecule has 110 valence electrons. The first-order valence-electron chi connectivity index (χ1n) is 6.90. The summed E-state index contributed by atoms with van der Waals surface area (Å²) < 4.78 is 7.07. The van der Waals surface area contributed by atoms with Crippen LogP contribution in [0, 0.1) is 13.8 Å². The SMILES string of the molecule is CC(C)=CC(=O)OCc1ccc(-n2nc(C)cc2C)cc1. The van der Waals surface area contributed by atoms with E-state index in [0.29, 0.717) is 0 Å². The van der Waals surface area contributed by atoms with E-state index in [-0.39, 0.29) is 12.6 Å². The van der Waals surface area contributed by atoms with Crippen molar-refractivity contribution in [3.8, 4) is 5.69 Å². The van der Waals surface area contributed by atoms with Crippen molar-refractivity contribution in [3.63, 3.8) is 0 Å². The number of carbonyl (C=O) groups excluding carboxylic acids is 1. The van der Waals surface area contributed by atoms with Crippen molar-refractivity contribution < 1.29 is 9.53 Å². The smallest absolute Gasteiger partial charge is 0.331 e. The second kappa shape index (κ2) is 6.39. The number of rotatable bonds is 4. The van der Waals surface area contributed by atoms with Gasteiger partial charge in [-0.3, -0.25) is 0 Å². The molecule has 0 N–H and O–H groups in total. The minimum absolute atomic E-state index is 0.278. The van der Waals surface area contributed by atoms with Gasteiger partial charge in [0.1, 0.15) is 6.61 Å². The molecule has 0 saturated carbocycles. The third-order valence-electron chi connectivity index (χ3n) is 2.98. The average molecular weight is 284 g/mol. The largest absolute Gasteiger partial charge is 0.458 e. The first-order valence-corrected chi connectivity index (χ1v) is 6.90. The summed E-state index contributed by atoms with van der Waals surface area (Å²) in [6, 6.07) is 9.88. The topological polar surface area (TPSA) is 44.1 Å². The quantitative estimate of drug-likeness (QED) is 0.637. The molecule has 21 heavy (non-hydrogen) atoms. The van der Waals surface area contributed by atoms with Gasteiger partial charge in [0.2, 0.25) is 0 Å². The molecule has 1 aromatic heterocycles. The van der Waals surface area contributed by atoms with Gasteiger partial charge in [0.15, 0.2) is 0 Å². The van der Waals surface area contributed by atoms with Crippen molar-refractivity contribution >= 4 is 5.97 Å². The summed E-state index contributed by atoms with van der Waals surface area (Å²) in [5, 5.41) is 4.44. The van der Waals surface area contributed by atoms with Crippen LogP contribution in [-0.4, -0.2) is 15.7 Å². The van der Waals surface area contributed by atoms with Crippen molar-refractivity contribution in [2.24, 2.45) is 0 Å². The lowest BCUT2D eigenvalue weighted by Gasteiger charge is -2.06. The van der Waals surface area contributed by atoms with E-state index in [0.717, 1.165) is 28.2 Å². The molecule has 4 heteroatoms. The van der Waals surface area contributed by atoms with Crippen molar-refractivity contribution in [1.29, 1.82) is 0 Å². The number of hydrogen-bond donors (Lipinski definition) is 0. The Bertz CT molecular complexity index is 663. The molecule has 4 nitrogen and oxygen atoms in total. The molecule has 2 rings (SSSR count). The summed E-state index contributed by atoms with van der Waals surface area (Å²) in [7, 11) is 0. The van der Waals surface area contributed by atoms with Crippen LogP contribution >= 0.6 is 0 Å². The van der Waals surface area contributed by atoms with Crippen LogP contribution in [0.1, 0.15) is 30.8 Å². The van der Waals surface area contributed by atoms with E-state index in [4.69, 9.17) is 4.74 Å². The molecule has 0 bridgehead atoms. The molecular weight excluding hydrogens is 264 g/mol. The van der Waals surface area contributed by atoms with Crippen LogP contribution in [0.25, 0.3) is 5.69 Å². The number of aryl methyl sites for hydroxylation is 2. The molecule has 0 unspecified atom stereocenters. The second-order valence-electron chi connectivity index (χ2n) is 5.33. The second-order valence-corrected chi connectivity index (χ2v) is 5.33. The normalized spacial score (nSPS) is 10.3. The Balaban J connectivity index is 2.04. The predicted octanol–water partition coefficient (Wildman–Crippen LogP) is 3.50. The standard InChI is InChI=1S/C17H20N2O2/c1-12(2)9-17(20)21-11-15-5-7-16(8-6-15)19-14(4)10-13(3)18-19/h5-10H,11H2,1-4H3. The van der Waals surface area contributed by atoms with Crippen molar-refractivity contribution in [2.75, 3.05) is 0 Å². The van der Waals surface area contributed by atoms with E-state index < -0.39 is 0 Å². The lowest BCUT2D eigenvalue weighted by atomic mass is 10.2. The van der Waals surface area contributed by atoms with Gasteiger partial charge < -0.3 is 4.74 Å². The minimum Gasteiger partial charge on any atom is -0.458 e. The van der Waals surface area contributed by atoms with Crippen LogP contribution < -0.4 is 0 Å². The van der Waals surface area contributed by atoms with E-state index in [1.807, 2.05) is 62.7 Å². The van der Waals surface area contributed by atoms with Gasteiger partial charge in [0, 0.05) is 11.8 Å². The first-order chi connectivity index (χ1) is 9.95. The van der Waals surface area contributed by atoms with E-state index in [1.165, 1.54) is 6.08 Å². The van der Waals surface area contributed by atoms with Gasteiger partial charge in [-0.1, -0.05) is 17.7 Å². The third-order valence-corrected chi connectivity index (χ3v) is 2.98. The highest BCUT2D eigenvalue weighted by molar-refractivity contribution is 5.82. The number of allylic oxidation sites excluding steroid dienone is 1. The number of nitrogens with zero attached hydrogens (tertiary/aromatic N) is 2. The van der Waals surface area contributed by atoms with Gasteiger partial charge in [0.25, 0.3) is 0 Å². The predicted molar refractivity (Wildman–Crippen MR) is 82.3 cm³/mol. The van der Waals surface area contributed by atoms with Gasteiger partial charge in [-0.05, 0) is 51.5 Å². The van der Waals surface area contributed by atoms with E-state index in [2.05, 4.69) is 5.10 Å². The van der Waals surface area contributed by atoms with Crippen LogP contribution in [0.15, 0.2) is 42.0 Å². The molecular formula is C17H20N2O2. The van der Waals surface area contributed by atoms with Gasteiger partial charge in [-0.15, -0.1) is 0 Å². The van der Waals surface area contributed by atoms with Crippen molar-refractivity contribution in [1.82, 2.24) is 9.78 Å². The zero-order chi connectivity index (χ0) is 15.4. The van der Waals surface area contributed by atoms with Crippen LogP contribution in [0.2, 0.25) is 0 Å². The maximum absolute atomic E-state index is 11.4. The maximum atomic E-state index is 11.4. The zero-order valence-corrected chi connectivity index (χ0v) is 12.9. The van der Waals surface area contributed by atoms with Gasteiger partial charge in [0.05, 0.1) is 11.4 Å². The molecule has 0 saturated heterocycles. The van der Waals surface area contributed by atoms with Crippen LogP contribution in [0.5, 0.6) is 0 Å². The fourth-order valence-corrected chi connectivity index (χ4v) is 2.06. The Morgan fingerprint density at radius 3 is 2.43 bits per heavy atom. The van der Waals surface area contributed by atoms with Crippen LogP contribution in [-0.2, 0) is 16.1 Å². The Morgan fingerprint density at radius 2 is 1.90 bits per heavy atom. The molecule has 0 aliphatic carbocycles. The van der Waals surface area contributed by atoms with Crippen molar-refractivity contribution in [2.45, 2.75) is 34.3 Å². The molecule has 1 heterocycles. The molecule has 2 aromatic rings. The summed E-state index contributed by atoms with van der Waals surface area (Å²) >= 11 is 0. The fraction of sp³-hybridized carbons (Fsp3) is 0.294. The lowest BCUT2D eigenvalue weighted by Crippen LogP contribution is -2.02. The zero-order valence-electron chi connectivity index (χ0n) is 12.9. The number of carbonyl (C=O) groups is 1. The number of aromatic nitrogens is 2. The summed E-state index contributed by atoms with van der Waals surface area (Å²) in [6.07, 6.45) is 1.49. The highest BCUT2D eigenvalue weighted by Gasteiger charge is 2.04. The highest BCUT2D eigenvalue weighted by Crippen LogP contribution is 2.13.